The number of nitrogens with two attached hydrogens (primary N) is 4. The SMILES string of the molecule is CC(C)[C@H](N)C(=O)OC[C@@]1(F)O[C@@H](n2cc(C=O)c(=O)[nH]c2=S)[C@H](O)[C@@H]1O.[2H]C([2H])(OC(=O)[C@@H](N)C(C)C)[C@@]1(F)O[C@@H](n2cc(C=O)c(=O)[nH]c2=S)[C@H](O)[C@@H]1O.[2H]C([2H])(OC(=O)[C@@H](N)C(C)C)[C@@]1(F)O[C@@]([2H])(n2cc(C=O)c(=O)[nH]c2=S)[C@H](O)[C@@H]1O.[2H][C@@]1(n2cc(C=O)c(=O)[nH]c2=S)O[C@](F)(COC(=O)[C@@H](N)C(C)C)[C@@H](O)[C@H]1O. The van der Waals surface area contributed by atoms with E-state index < -0.39 is 237 Å². The first-order valence-corrected chi connectivity index (χ1v) is 32.9. The van der Waals surface area contributed by atoms with Crippen molar-refractivity contribution in [3.8, 4) is 0 Å². The van der Waals surface area contributed by atoms with Crippen molar-refractivity contribution in [2.75, 3.05) is 26.3 Å². The molecule has 4 saturated heterocycles. The summed E-state index contributed by atoms with van der Waals surface area (Å²) in [6.07, 6.45) is -23.7. The van der Waals surface area contributed by atoms with Gasteiger partial charge in [-0.2, -0.15) is 0 Å². The van der Waals surface area contributed by atoms with Crippen LogP contribution in [-0.2, 0) is 57.1 Å². The van der Waals surface area contributed by atoms with Crippen molar-refractivity contribution in [2.24, 2.45) is 46.6 Å². The summed E-state index contributed by atoms with van der Waals surface area (Å²) in [5.41, 5.74) is 17.0. The molecule has 20 atom stereocenters. The first kappa shape index (κ1) is 81.0. The van der Waals surface area contributed by atoms with Crippen molar-refractivity contribution in [3.05, 3.63) is 108 Å². The molecule has 8 heterocycles. The Morgan fingerprint density at radius 2 is 0.667 bits per heavy atom. The molecule has 48 heteroatoms. The summed E-state index contributed by atoms with van der Waals surface area (Å²) < 4.78 is 148. The Hall–Kier alpha value is -7.96. The topological polar surface area (TPSA) is 627 Å². The number of H-pyrrole nitrogens is 4. The second-order valence-electron chi connectivity index (χ2n) is 25.2. The zero-order valence-electron chi connectivity index (χ0n) is 63.4. The number of hydrogen-bond acceptors (Lipinski definition) is 36. The van der Waals surface area contributed by atoms with Crippen LogP contribution in [0.2, 0.25) is 0 Å². The second kappa shape index (κ2) is 37.2. The lowest BCUT2D eigenvalue weighted by Gasteiger charge is -2.24. The van der Waals surface area contributed by atoms with Gasteiger partial charge in [0.1, 0.15) is 73.0 Å². The minimum atomic E-state index is -3.95. The number of rotatable bonds is 24. The summed E-state index contributed by atoms with van der Waals surface area (Å²) in [4.78, 5) is 146. The van der Waals surface area contributed by atoms with E-state index in [0.717, 1.165) is 27.7 Å². The van der Waals surface area contributed by atoms with E-state index in [4.69, 9.17) is 108 Å². The molecule has 4 aromatic rings. The van der Waals surface area contributed by atoms with E-state index in [1.165, 1.54) is 13.8 Å². The van der Waals surface area contributed by atoms with Gasteiger partial charge in [0.05, 0.1) is 30.5 Å². The Morgan fingerprint density at radius 3 is 0.963 bits per heavy atom. The number of nitrogens with zero attached hydrogens (tertiary/aromatic N) is 4. The molecule has 0 aliphatic carbocycles. The number of halogens is 4. The Labute approximate surface area is 633 Å². The maximum atomic E-state index is 15.5. The summed E-state index contributed by atoms with van der Waals surface area (Å²) in [6.45, 7) is 3.29. The summed E-state index contributed by atoms with van der Waals surface area (Å²) in [7, 11) is 0. The number of nitrogens with one attached hydrogen (secondary N) is 4. The molecule has 0 unspecified atom stereocenters. The number of carbonyl (C=O) groups excluding carboxylic acids is 8. The number of aliphatic hydroxyl groups is 8. The molecule has 40 nitrogen and oxygen atoms in total. The van der Waals surface area contributed by atoms with Gasteiger partial charge >= 0.3 is 23.9 Å². The molecule has 0 saturated carbocycles. The van der Waals surface area contributed by atoms with Crippen molar-refractivity contribution in [1.29, 1.82) is 0 Å². The van der Waals surface area contributed by atoms with Crippen LogP contribution < -0.4 is 45.2 Å². The smallest absolute Gasteiger partial charge is 0.323 e. The fourth-order valence-electron chi connectivity index (χ4n) is 8.95. The van der Waals surface area contributed by atoms with Crippen LogP contribution in [0, 0.1) is 42.8 Å². The van der Waals surface area contributed by atoms with Gasteiger partial charge in [0.25, 0.3) is 45.7 Å². The van der Waals surface area contributed by atoms with Crippen LogP contribution in [0.5, 0.6) is 0 Å². The van der Waals surface area contributed by atoms with Crippen LogP contribution in [0.15, 0.2) is 44.0 Å². The van der Waals surface area contributed by atoms with Crippen molar-refractivity contribution in [3.63, 3.8) is 0 Å². The van der Waals surface area contributed by atoms with Gasteiger partial charge in [-0.3, -0.25) is 95.7 Å². The minimum Gasteiger partial charge on any atom is -0.458 e. The van der Waals surface area contributed by atoms with Gasteiger partial charge in [-0.15, -0.1) is 0 Å². The van der Waals surface area contributed by atoms with E-state index in [-0.39, 0.29) is 47.3 Å². The van der Waals surface area contributed by atoms with Gasteiger partial charge < -0.3 is 102 Å². The molecule has 0 spiro atoms. The second-order valence-corrected chi connectivity index (χ2v) is 26.7. The predicted octanol–water partition coefficient (Wildman–Crippen LogP) is -3.35. The maximum Gasteiger partial charge on any atom is 0.323 e. The number of aliphatic hydroxyl groups excluding tert-OH is 8. The van der Waals surface area contributed by atoms with Gasteiger partial charge in [-0.25, -0.2) is 17.6 Å². The fraction of sp³-hybridized carbons (Fsp3) is 0.600. The lowest BCUT2D eigenvalue weighted by Crippen LogP contribution is -2.46. The zero-order valence-corrected chi connectivity index (χ0v) is 60.7. The highest BCUT2D eigenvalue weighted by Crippen LogP contribution is 2.43. The van der Waals surface area contributed by atoms with Crippen LogP contribution in [0.3, 0.4) is 0 Å². The fourth-order valence-corrected chi connectivity index (χ4v) is 9.92. The van der Waals surface area contributed by atoms with E-state index in [9.17, 15) is 103 Å². The molecule has 20 N–H and O–H groups in total. The van der Waals surface area contributed by atoms with Crippen LogP contribution in [0.25, 0.3) is 0 Å². The molecular formula is C60H80F4N12O28S4. The first-order chi connectivity index (χ1) is 52.3. The zero-order chi connectivity index (χ0) is 87.5. The highest BCUT2D eigenvalue weighted by Gasteiger charge is 2.61. The molecule has 4 aromatic heterocycles. The van der Waals surface area contributed by atoms with Gasteiger partial charge in [-0.05, 0) is 72.5 Å². The average Bonchev–Trinajstić information content (AvgIpc) is 1.49. The van der Waals surface area contributed by atoms with Crippen molar-refractivity contribution in [2.45, 2.75) is 177 Å². The molecule has 4 fully saturated rings. The number of carbonyl (C=O) groups is 8. The lowest BCUT2D eigenvalue weighted by molar-refractivity contribution is -0.217. The molecule has 4 aliphatic rings. The van der Waals surface area contributed by atoms with Crippen molar-refractivity contribution < 1.29 is 143 Å². The van der Waals surface area contributed by atoms with E-state index in [2.05, 4.69) is 24.4 Å². The van der Waals surface area contributed by atoms with Gasteiger partial charge in [-0.1, -0.05) is 55.4 Å². The Kier molecular flexibility index (Phi) is 27.9. The summed E-state index contributed by atoms with van der Waals surface area (Å²) >= 11 is 19.5. The Morgan fingerprint density at radius 1 is 0.444 bits per heavy atom. The highest BCUT2D eigenvalue weighted by molar-refractivity contribution is 7.71. The molecule has 4 aliphatic heterocycles. The number of aromatic amines is 4. The average molecular weight is 1630 g/mol. The van der Waals surface area contributed by atoms with Crippen LogP contribution >= 0.6 is 48.9 Å². The summed E-state index contributed by atoms with van der Waals surface area (Å²) in [5.74, 6) is -19.9. The number of hydrogen-bond donors (Lipinski definition) is 16. The third kappa shape index (κ3) is 20.5. The highest BCUT2D eigenvalue weighted by atomic mass is 32.1. The van der Waals surface area contributed by atoms with Gasteiger partial charge in [0.15, 0.2) is 95.4 Å². The Bertz CT molecular complexity index is 4800. The molecule has 0 bridgehead atoms. The Balaban J connectivity index is 0.000000272. The maximum absolute atomic E-state index is 15.5. The molecule has 0 amide bonds. The first-order valence-electron chi connectivity index (χ1n) is 34.3. The predicted molar refractivity (Wildman–Crippen MR) is 364 cm³/mol. The van der Waals surface area contributed by atoms with Crippen LogP contribution in [0.1, 0.15) is 130 Å². The number of aromatic nitrogens is 8. The lowest BCUT2D eigenvalue weighted by atomic mass is 10.1. The van der Waals surface area contributed by atoms with E-state index in [1.807, 2.05) is 4.98 Å². The van der Waals surface area contributed by atoms with Crippen molar-refractivity contribution in [1.82, 2.24) is 38.2 Å². The number of aldehydes is 4. The minimum absolute atomic E-state index is 0.0856. The quantitative estimate of drug-likeness (QED) is 0.0107. The molecule has 0 radical (unpaired) electrons. The van der Waals surface area contributed by atoms with Crippen molar-refractivity contribution >= 4 is 97.9 Å². The largest absolute Gasteiger partial charge is 0.458 e. The molecule has 0 aromatic carbocycles. The third-order valence-corrected chi connectivity index (χ3v) is 17.2. The standard InChI is InChI=1S/4C15H20FN3O7S/c4*1-6(2)8(17)13(24)25-5-15(16)10(22)9(21)12(26-15)19-3-7(4-20)11(23)18-14(19)27/h4*3-4,6,8-10,12,21-22H,5,17H2,1-2H3,(H,18,23,27)/t4*8-,9+,10-,12+,15+/m0000/s1/i5D2,12D;12D;5D2;. The van der Waals surface area contributed by atoms with Crippen LogP contribution in [-0.4, -0.2) is 251 Å². The van der Waals surface area contributed by atoms with Gasteiger partial charge in [0.2, 0.25) is 0 Å². The number of alkyl halides is 4. The third-order valence-electron chi connectivity index (χ3n) is 15.9. The molecular weight excluding hydrogens is 1540 g/mol. The number of esters is 4. The number of ether oxygens (including phenoxy) is 8. The molecule has 8 rings (SSSR count). The van der Waals surface area contributed by atoms with Gasteiger partial charge in [0, 0.05) is 24.8 Å². The van der Waals surface area contributed by atoms with E-state index in [1.54, 1.807) is 41.5 Å². The molecule has 108 heavy (non-hydrogen) atoms. The summed E-state index contributed by atoms with van der Waals surface area (Å²) in [6, 6.07) is -4.68. The monoisotopic (exact) mass is 1630 g/mol. The van der Waals surface area contributed by atoms with E-state index >= 15 is 13.2 Å². The summed E-state index contributed by atoms with van der Waals surface area (Å²) in [5, 5.41) is 81.2. The van der Waals surface area contributed by atoms with E-state index in [0.29, 0.717) is 15.3 Å². The van der Waals surface area contributed by atoms with Crippen LogP contribution in [0.4, 0.5) is 17.6 Å². The normalized spacial score (nSPS) is 31.4. The molecule has 600 valence electrons.